The summed E-state index contributed by atoms with van der Waals surface area (Å²) in [5, 5.41) is 7.02. The van der Waals surface area contributed by atoms with Crippen LogP contribution in [-0.2, 0) is 27.7 Å². The Bertz CT molecular complexity index is 1410. The van der Waals surface area contributed by atoms with Crippen LogP contribution in [0, 0.1) is 0 Å². The van der Waals surface area contributed by atoms with Gasteiger partial charge in [0.2, 0.25) is 5.91 Å². The first-order valence-corrected chi connectivity index (χ1v) is 15.7. The van der Waals surface area contributed by atoms with E-state index in [1.807, 2.05) is 67.7 Å². The third kappa shape index (κ3) is 10.0. The van der Waals surface area contributed by atoms with Crippen molar-refractivity contribution in [2.24, 2.45) is 0 Å². The summed E-state index contributed by atoms with van der Waals surface area (Å²) in [4.78, 5) is 30.7. The Kier molecular flexibility index (Phi) is 11.1. The summed E-state index contributed by atoms with van der Waals surface area (Å²) in [6.07, 6.45) is 2.89. The van der Waals surface area contributed by atoms with E-state index in [0.717, 1.165) is 29.6 Å². The highest BCUT2D eigenvalue weighted by molar-refractivity contribution is 7.95. The topological polar surface area (TPSA) is 111 Å². The zero-order valence-corrected chi connectivity index (χ0v) is 24.7. The van der Waals surface area contributed by atoms with Gasteiger partial charge in [-0.2, -0.15) is 0 Å². The highest BCUT2D eigenvalue weighted by Crippen LogP contribution is 2.12. The molecule has 1 aliphatic rings. The third-order valence-corrected chi connectivity index (χ3v) is 8.16. The number of likely N-dealkylation sites (N-methyl/N-ethyl adjacent to an activating group) is 1. The summed E-state index contributed by atoms with van der Waals surface area (Å²) >= 11 is 0. The number of para-hydroxylation sites is 1. The van der Waals surface area contributed by atoms with Crippen molar-refractivity contribution in [1.29, 1.82) is 0 Å². The van der Waals surface area contributed by atoms with Crippen LogP contribution < -0.4 is 15.4 Å². The summed E-state index contributed by atoms with van der Waals surface area (Å²) < 4.78 is 28.1. The molecule has 0 aromatic heterocycles. The summed E-state index contributed by atoms with van der Waals surface area (Å²) in [7, 11) is -1.80. The molecule has 3 N–H and O–H groups in total. The minimum Gasteiger partial charge on any atom is -0.348 e. The Hall–Kier alpha value is -4.15. The number of piperazine rings is 1. The van der Waals surface area contributed by atoms with E-state index in [2.05, 4.69) is 20.3 Å². The van der Waals surface area contributed by atoms with Gasteiger partial charge in [0.25, 0.3) is 10.0 Å². The SMILES string of the molecule is CN1CCN(C(=O)N[C@@H](Cc2ccccc2)C(=O)N[C@H](/C=C/S(=O)(=O)Nc2ccccc2)CCc2ccccc2)CC1. The van der Waals surface area contributed by atoms with Crippen LogP contribution in [0.5, 0.6) is 0 Å². The third-order valence-electron chi connectivity index (χ3n) is 7.13. The Morgan fingerprint density at radius 2 is 1.38 bits per heavy atom. The molecular formula is C32H39N5O4S. The molecule has 9 nitrogen and oxygen atoms in total. The Labute approximate surface area is 248 Å². The molecule has 3 aromatic carbocycles. The van der Waals surface area contributed by atoms with Crippen LogP contribution in [0.1, 0.15) is 17.5 Å². The number of carbonyl (C=O) groups is 2. The van der Waals surface area contributed by atoms with Gasteiger partial charge >= 0.3 is 6.03 Å². The van der Waals surface area contributed by atoms with Gasteiger partial charge in [-0.3, -0.25) is 9.52 Å². The lowest BCUT2D eigenvalue weighted by Gasteiger charge is -2.33. The van der Waals surface area contributed by atoms with Gasteiger partial charge in [0, 0.05) is 49.7 Å². The highest BCUT2D eigenvalue weighted by atomic mass is 32.2. The molecule has 0 saturated carbocycles. The number of carbonyl (C=O) groups excluding carboxylic acids is 2. The summed E-state index contributed by atoms with van der Waals surface area (Å²) in [5.74, 6) is -0.377. The maximum atomic E-state index is 13.7. The van der Waals surface area contributed by atoms with E-state index in [0.29, 0.717) is 38.0 Å². The van der Waals surface area contributed by atoms with Crippen molar-refractivity contribution in [3.8, 4) is 0 Å². The molecule has 3 aromatic rings. The molecule has 4 rings (SSSR count). The number of nitrogens with zero attached hydrogens (tertiary/aromatic N) is 2. The number of rotatable bonds is 12. The fourth-order valence-electron chi connectivity index (χ4n) is 4.68. The Balaban J connectivity index is 1.50. The summed E-state index contributed by atoms with van der Waals surface area (Å²) in [5.41, 5.74) is 2.42. The molecule has 1 saturated heterocycles. The number of amides is 3. The number of benzene rings is 3. The zero-order chi connectivity index (χ0) is 29.8. The normalized spacial score (nSPS) is 15.6. The lowest BCUT2D eigenvalue weighted by Crippen LogP contribution is -2.56. The van der Waals surface area contributed by atoms with Crippen LogP contribution in [-0.4, -0.2) is 75.5 Å². The van der Waals surface area contributed by atoms with Crippen molar-refractivity contribution < 1.29 is 18.0 Å². The number of nitrogens with one attached hydrogen (secondary N) is 3. The lowest BCUT2D eigenvalue weighted by atomic mass is 10.0. The van der Waals surface area contributed by atoms with E-state index >= 15 is 0 Å². The highest BCUT2D eigenvalue weighted by Gasteiger charge is 2.27. The van der Waals surface area contributed by atoms with Crippen LogP contribution in [0.3, 0.4) is 0 Å². The predicted octanol–water partition coefficient (Wildman–Crippen LogP) is 3.63. The fourth-order valence-corrected chi connectivity index (χ4v) is 5.61. The number of hydrogen-bond acceptors (Lipinski definition) is 5. The van der Waals surface area contributed by atoms with Crippen LogP contribution >= 0.6 is 0 Å². The van der Waals surface area contributed by atoms with E-state index in [1.165, 1.54) is 6.08 Å². The van der Waals surface area contributed by atoms with Crippen molar-refractivity contribution in [3.05, 3.63) is 114 Å². The monoisotopic (exact) mass is 589 g/mol. The lowest BCUT2D eigenvalue weighted by molar-refractivity contribution is -0.123. The quantitative estimate of drug-likeness (QED) is 0.299. The number of aryl methyl sites for hydroxylation is 1. The number of urea groups is 1. The molecular weight excluding hydrogens is 550 g/mol. The summed E-state index contributed by atoms with van der Waals surface area (Å²) in [6, 6.07) is 26.2. The zero-order valence-electron chi connectivity index (χ0n) is 23.9. The minimum atomic E-state index is -3.82. The Morgan fingerprint density at radius 3 is 2.00 bits per heavy atom. The number of anilines is 1. The first-order chi connectivity index (χ1) is 20.3. The van der Waals surface area contributed by atoms with Gasteiger partial charge in [-0.1, -0.05) is 78.9 Å². The second kappa shape index (κ2) is 15.2. The smallest absolute Gasteiger partial charge is 0.318 e. The van der Waals surface area contributed by atoms with Crippen molar-refractivity contribution in [2.75, 3.05) is 37.9 Å². The van der Waals surface area contributed by atoms with Crippen molar-refractivity contribution in [2.45, 2.75) is 31.3 Å². The minimum absolute atomic E-state index is 0.287. The van der Waals surface area contributed by atoms with Gasteiger partial charge in [0.15, 0.2) is 0 Å². The molecule has 10 heteroatoms. The molecule has 0 aliphatic carbocycles. The molecule has 222 valence electrons. The van der Waals surface area contributed by atoms with Crippen molar-refractivity contribution in [3.63, 3.8) is 0 Å². The summed E-state index contributed by atoms with van der Waals surface area (Å²) in [6.45, 7) is 2.69. The van der Waals surface area contributed by atoms with Crippen molar-refractivity contribution in [1.82, 2.24) is 20.4 Å². The second-order valence-corrected chi connectivity index (χ2v) is 12.0. The van der Waals surface area contributed by atoms with E-state index in [4.69, 9.17) is 0 Å². The molecule has 1 fully saturated rings. The van der Waals surface area contributed by atoms with Crippen LogP contribution in [0.2, 0.25) is 0 Å². The molecule has 0 unspecified atom stereocenters. The molecule has 1 aliphatic heterocycles. The van der Waals surface area contributed by atoms with Gasteiger partial charge in [-0.25, -0.2) is 13.2 Å². The molecule has 1 heterocycles. The van der Waals surface area contributed by atoms with Crippen LogP contribution in [0.25, 0.3) is 0 Å². The molecule has 0 spiro atoms. The van der Waals surface area contributed by atoms with E-state index in [-0.39, 0.29) is 11.9 Å². The number of sulfonamides is 1. The van der Waals surface area contributed by atoms with Gasteiger partial charge in [-0.05, 0) is 49.2 Å². The number of hydrogen-bond donors (Lipinski definition) is 3. The van der Waals surface area contributed by atoms with E-state index in [9.17, 15) is 18.0 Å². The standard InChI is InChI=1S/C32H39N5O4S/c1-36-20-22-37(23-21-36)32(39)34-30(25-27-13-7-3-8-14-27)31(38)33-28(18-17-26-11-5-2-6-12-26)19-24-42(40,41)35-29-15-9-4-10-16-29/h2-16,19,24,28,30,35H,17-18,20-23,25H2,1H3,(H,33,38)(H,34,39)/b24-19+/t28-,30-/m0/s1. The molecule has 42 heavy (non-hydrogen) atoms. The van der Waals surface area contributed by atoms with E-state index < -0.39 is 22.1 Å². The molecule has 2 atom stereocenters. The molecule has 0 bridgehead atoms. The van der Waals surface area contributed by atoms with Crippen LogP contribution in [0.4, 0.5) is 10.5 Å². The maximum absolute atomic E-state index is 13.7. The fraction of sp³-hybridized carbons (Fsp3) is 0.312. The van der Waals surface area contributed by atoms with Crippen LogP contribution in [0.15, 0.2) is 102 Å². The first-order valence-electron chi connectivity index (χ1n) is 14.2. The second-order valence-electron chi connectivity index (χ2n) is 10.5. The van der Waals surface area contributed by atoms with E-state index in [1.54, 1.807) is 35.2 Å². The van der Waals surface area contributed by atoms with Crippen molar-refractivity contribution >= 4 is 27.6 Å². The maximum Gasteiger partial charge on any atom is 0.318 e. The molecule has 3 amide bonds. The Morgan fingerprint density at radius 1 is 0.810 bits per heavy atom. The molecule has 0 radical (unpaired) electrons. The van der Waals surface area contributed by atoms with Gasteiger partial charge in [0.05, 0.1) is 0 Å². The average Bonchev–Trinajstić information content (AvgIpc) is 3.00. The largest absolute Gasteiger partial charge is 0.348 e. The van der Waals surface area contributed by atoms with Gasteiger partial charge in [0.1, 0.15) is 6.04 Å². The van der Waals surface area contributed by atoms with Gasteiger partial charge < -0.3 is 20.4 Å². The van der Waals surface area contributed by atoms with Gasteiger partial charge in [-0.15, -0.1) is 0 Å². The predicted molar refractivity (Wildman–Crippen MR) is 166 cm³/mol. The average molecular weight is 590 g/mol. The first kappa shape index (κ1) is 30.8.